The molecule has 0 radical (unpaired) electrons. The van der Waals surface area contributed by atoms with E-state index in [0.29, 0.717) is 22.1 Å². The number of aromatic carboxylic acids is 1. The number of carboxylic acids is 1. The summed E-state index contributed by atoms with van der Waals surface area (Å²) in [5.74, 6) is -0.787. The molecule has 0 bridgehead atoms. The molecule has 3 rings (SSSR count). The quantitative estimate of drug-likeness (QED) is 0.597. The summed E-state index contributed by atoms with van der Waals surface area (Å²) < 4.78 is 5.66. The van der Waals surface area contributed by atoms with Crippen molar-refractivity contribution in [3.05, 3.63) is 64.2 Å². The van der Waals surface area contributed by atoms with Crippen molar-refractivity contribution >= 4 is 46.6 Å². The van der Waals surface area contributed by atoms with Crippen molar-refractivity contribution in [3.8, 4) is 11.3 Å². The van der Waals surface area contributed by atoms with Crippen LogP contribution in [0.5, 0.6) is 0 Å². The first-order chi connectivity index (χ1) is 12.4. The molecule has 2 amide bonds. The van der Waals surface area contributed by atoms with Crippen molar-refractivity contribution in [1.29, 1.82) is 0 Å². The number of imide groups is 1. The van der Waals surface area contributed by atoms with Gasteiger partial charge in [-0.2, -0.15) is 0 Å². The third-order valence-corrected chi connectivity index (χ3v) is 4.80. The number of carbonyl (C=O) groups is 3. The Hall–Kier alpha value is -2.77. The Bertz CT molecular complexity index is 962. The number of rotatable bonds is 5. The SMILES string of the molecule is C=CCN1C(=O)S/C(=C/c2ccc(-c3cc(C(=O)O)ccc3Cl)o2)C1=O. The Morgan fingerprint density at radius 1 is 1.31 bits per heavy atom. The Morgan fingerprint density at radius 3 is 2.77 bits per heavy atom. The van der Waals surface area contributed by atoms with Crippen molar-refractivity contribution in [2.75, 3.05) is 6.54 Å². The number of halogens is 1. The van der Waals surface area contributed by atoms with Gasteiger partial charge in [-0.25, -0.2) is 4.79 Å². The zero-order valence-corrected chi connectivity index (χ0v) is 14.8. The van der Waals surface area contributed by atoms with Gasteiger partial charge in [0.1, 0.15) is 11.5 Å². The van der Waals surface area contributed by atoms with E-state index >= 15 is 0 Å². The molecule has 1 N–H and O–H groups in total. The minimum absolute atomic E-state index is 0.0768. The number of hydrogen-bond donors (Lipinski definition) is 1. The molecule has 8 heteroatoms. The van der Waals surface area contributed by atoms with Crippen LogP contribution in [-0.2, 0) is 4.79 Å². The van der Waals surface area contributed by atoms with E-state index in [9.17, 15) is 14.4 Å². The number of carboxylic acid groups (broad SMARTS) is 1. The highest BCUT2D eigenvalue weighted by atomic mass is 35.5. The number of benzene rings is 1. The number of carbonyl (C=O) groups excluding carboxylic acids is 2. The van der Waals surface area contributed by atoms with Crippen molar-refractivity contribution in [2.24, 2.45) is 0 Å². The first kappa shape index (κ1) is 18.0. The molecule has 1 saturated heterocycles. The van der Waals surface area contributed by atoms with E-state index in [2.05, 4.69) is 6.58 Å². The van der Waals surface area contributed by atoms with Crippen LogP contribution < -0.4 is 0 Å². The lowest BCUT2D eigenvalue weighted by Gasteiger charge is -2.07. The fraction of sp³-hybridized carbons (Fsp3) is 0.0556. The second-order valence-electron chi connectivity index (χ2n) is 5.28. The van der Waals surface area contributed by atoms with Gasteiger partial charge in [0.15, 0.2) is 0 Å². The summed E-state index contributed by atoms with van der Waals surface area (Å²) in [6, 6.07) is 7.51. The van der Waals surface area contributed by atoms with Crippen molar-refractivity contribution in [2.45, 2.75) is 0 Å². The van der Waals surface area contributed by atoms with Crippen LogP contribution in [-0.4, -0.2) is 33.7 Å². The van der Waals surface area contributed by atoms with E-state index < -0.39 is 11.9 Å². The van der Waals surface area contributed by atoms with Gasteiger partial charge in [-0.15, -0.1) is 6.58 Å². The summed E-state index contributed by atoms with van der Waals surface area (Å²) in [5.41, 5.74) is 0.499. The highest BCUT2D eigenvalue weighted by molar-refractivity contribution is 8.18. The van der Waals surface area contributed by atoms with Crippen LogP contribution in [0, 0.1) is 0 Å². The van der Waals surface area contributed by atoms with Gasteiger partial charge >= 0.3 is 5.97 Å². The Balaban J connectivity index is 1.91. The molecule has 2 aromatic rings. The van der Waals surface area contributed by atoms with E-state index in [4.69, 9.17) is 21.1 Å². The second-order valence-corrected chi connectivity index (χ2v) is 6.68. The summed E-state index contributed by atoms with van der Waals surface area (Å²) in [7, 11) is 0. The average Bonchev–Trinajstić information content (AvgIpc) is 3.16. The summed E-state index contributed by atoms with van der Waals surface area (Å²) in [4.78, 5) is 36.5. The molecule has 6 nitrogen and oxygen atoms in total. The summed E-state index contributed by atoms with van der Waals surface area (Å²) in [5, 5.41) is 9.06. The standard InChI is InChI=1S/C18H12ClNO5S/c1-2-7-20-16(21)15(26-18(20)24)9-11-4-6-14(25-11)12-8-10(17(22)23)3-5-13(12)19/h2-6,8-9H,1,7H2,(H,22,23)/b15-9+. The third kappa shape index (κ3) is 3.44. The predicted molar refractivity (Wildman–Crippen MR) is 99.0 cm³/mol. The minimum atomic E-state index is -1.08. The van der Waals surface area contributed by atoms with Crippen LogP contribution in [0.4, 0.5) is 4.79 Å². The number of hydrogen-bond acceptors (Lipinski definition) is 5. The molecule has 1 aromatic carbocycles. The van der Waals surface area contributed by atoms with Gasteiger partial charge < -0.3 is 9.52 Å². The van der Waals surface area contributed by atoms with Gasteiger partial charge in [-0.05, 0) is 42.1 Å². The van der Waals surface area contributed by atoms with Gasteiger partial charge in [-0.1, -0.05) is 17.7 Å². The summed E-state index contributed by atoms with van der Waals surface area (Å²) in [6.45, 7) is 3.66. The second kappa shape index (κ2) is 7.23. The molecule has 132 valence electrons. The zero-order valence-electron chi connectivity index (χ0n) is 13.3. The molecule has 26 heavy (non-hydrogen) atoms. The minimum Gasteiger partial charge on any atom is -0.478 e. The Labute approximate surface area is 157 Å². The number of amides is 2. The summed E-state index contributed by atoms with van der Waals surface area (Å²) in [6.07, 6.45) is 2.94. The van der Waals surface area contributed by atoms with Crippen LogP contribution >= 0.6 is 23.4 Å². The van der Waals surface area contributed by atoms with Gasteiger partial charge in [0.2, 0.25) is 0 Å². The van der Waals surface area contributed by atoms with E-state index in [1.54, 1.807) is 12.1 Å². The van der Waals surface area contributed by atoms with Crippen molar-refractivity contribution in [1.82, 2.24) is 4.90 Å². The third-order valence-electron chi connectivity index (χ3n) is 3.56. The van der Waals surface area contributed by atoms with Crippen LogP contribution in [0.2, 0.25) is 5.02 Å². The van der Waals surface area contributed by atoms with Crippen molar-refractivity contribution < 1.29 is 23.9 Å². The molecular weight excluding hydrogens is 378 g/mol. The zero-order chi connectivity index (χ0) is 18.8. The fourth-order valence-electron chi connectivity index (χ4n) is 2.34. The smallest absolute Gasteiger partial charge is 0.335 e. The lowest BCUT2D eigenvalue weighted by molar-refractivity contribution is -0.122. The maximum Gasteiger partial charge on any atom is 0.335 e. The highest BCUT2D eigenvalue weighted by Crippen LogP contribution is 2.34. The molecule has 0 aliphatic carbocycles. The molecular formula is C18H12ClNO5S. The van der Waals surface area contributed by atoms with E-state index in [-0.39, 0.29) is 22.3 Å². The van der Waals surface area contributed by atoms with Gasteiger partial charge in [0.05, 0.1) is 15.5 Å². The number of furan rings is 1. The lowest BCUT2D eigenvalue weighted by Crippen LogP contribution is -2.27. The van der Waals surface area contributed by atoms with Crippen molar-refractivity contribution in [3.63, 3.8) is 0 Å². The molecule has 0 unspecified atom stereocenters. The first-order valence-electron chi connectivity index (χ1n) is 7.40. The van der Waals surface area contributed by atoms with Gasteiger partial charge in [0.25, 0.3) is 11.1 Å². The molecule has 1 fully saturated rings. The van der Waals surface area contributed by atoms with E-state index in [0.717, 1.165) is 16.7 Å². The van der Waals surface area contributed by atoms with Crippen LogP contribution in [0.1, 0.15) is 16.1 Å². The maximum atomic E-state index is 12.2. The first-order valence-corrected chi connectivity index (χ1v) is 8.59. The Kier molecular flexibility index (Phi) is 5.01. The van der Waals surface area contributed by atoms with Gasteiger partial charge in [0, 0.05) is 18.2 Å². The maximum absolute atomic E-state index is 12.2. The predicted octanol–water partition coefficient (Wildman–Crippen LogP) is 4.52. The van der Waals surface area contributed by atoms with Crippen LogP contribution in [0.3, 0.4) is 0 Å². The topological polar surface area (TPSA) is 87.8 Å². The molecule has 0 saturated carbocycles. The Morgan fingerprint density at radius 2 is 2.08 bits per heavy atom. The highest BCUT2D eigenvalue weighted by Gasteiger charge is 2.34. The largest absolute Gasteiger partial charge is 0.478 e. The number of thioether (sulfide) groups is 1. The monoisotopic (exact) mass is 389 g/mol. The van der Waals surface area contributed by atoms with Gasteiger partial charge in [-0.3, -0.25) is 14.5 Å². The number of nitrogens with zero attached hydrogens (tertiary/aromatic N) is 1. The van der Waals surface area contributed by atoms with E-state index in [1.165, 1.54) is 30.4 Å². The fourth-order valence-corrected chi connectivity index (χ4v) is 3.38. The molecule has 2 heterocycles. The van der Waals surface area contributed by atoms with Crippen LogP contribution in [0.25, 0.3) is 17.4 Å². The molecule has 1 aromatic heterocycles. The molecule has 1 aliphatic heterocycles. The molecule has 1 aliphatic rings. The molecule has 0 atom stereocenters. The lowest BCUT2D eigenvalue weighted by atomic mass is 10.1. The normalized spacial score (nSPS) is 15.7. The summed E-state index contributed by atoms with van der Waals surface area (Å²) >= 11 is 6.94. The molecule has 0 spiro atoms. The average molecular weight is 390 g/mol. The van der Waals surface area contributed by atoms with E-state index in [1.807, 2.05) is 0 Å². The van der Waals surface area contributed by atoms with Crippen LogP contribution in [0.15, 0.2) is 52.3 Å².